The van der Waals surface area contributed by atoms with Crippen molar-refractivity contribution in [2.75, 3.05) is 0 Å². The Bertz CT molecular complexity index is 569. The number of nitrogens with one attached hydrogen (secondary N) is 2. The van der Waals surface area contributed by atoms with E-state index in [0.29, 0.717) is 6.42 Å². The fourth-order valence-electron chi connectivity index (χ4n) is 2.62. The van der Waals surface area contributed by atoms with Gasteiger partial charge in [0.05, 0.1) is 12.4 Å². The minimum Gasteiger partial charge on any atom is -0.441 e. The number of hydrogen-bond acceptors (Lipinski definition) is 6. The van der Waals surface area contributed by atoms with Gasteiger partial charge in [0.25, 0.3) is 11.8 Å². The smallest absolute Gasteiger partial charge is 0.307 e. The van der Waals surface area contributed by atoms with E-state index in [4.69, 9.17) is 8.83 Å². The van der Waals surface area contributed by atoms with Gasteiger partial charge in [0.15, 0.2) is 0 Å². The quantitative estimate of drug-likeness (QED) is 0.876. The molecule has 1 aliphatic carbocycles. The van der Waals surface area contributed by atoms with Crippen LogP contribution in [0.15, 0.2) is 33.8 Å². The Hall–Kier alpha value is -2.64. The normalized spacial score (nSPS) is 21.3. The molecule has 2 heterocycles. The number of oxazole rings is 2. The molecular formula is C14H16N4O4. The first-order chi connectivity index (χ1) is 10.7. The molecule has 116 valence electrons. The van der Waals surface area contributed by atoms with Gasteiger partial charge in [0, 0.05) is 12.1 Å². The van der Waals surface area contributed by atoms with E-state index in [1.54, 1.807) is 0 Å². The third-order valence-electron chi connectivity index (χ3n) is 3.60. The molecule has 0 aromatic carbocycles. The highest BCUT2D eigenvalue weighted by Crippen LogP contribution is 2.19. The van der Waals surface area contributed by atoms with Gasteiger partial charge in [0.2, 0.25) is 0 Å². The van der Waals surface area contributed by atoms with Gasteiger partial charge in [0.1, 0.15) is 12.5 Å². The van der Waals surface area contributed by atoms with E-state index in [-0.39, 0.29) is 35.7 Å². The predicted molar refractivity (Wildman–Crippen MR) is 74.0 cm³/mol. The molecule has 8 nitrogen and oxygen atoms in total. The fraction of sp³-hybridized carbons (Fsp3) is 0.429. The van der Waals surface area contributed by atoms with E-state index >= 15 is 0 Å². The van der Waals surface area contributed by atoms with E-state index in [9.17, 15) is 9.59 Å². The van der Waals surface area contributed by atoms with Crippen LogP contribution in [0.5, 0.6) is 0 Å². The Morgan fingerprint density at radius 3 is 1.86 bits per heavy atom. The van der Waals surface area contributed by atoms with Crippen molar-refractivity contribution >= 4 is 11.8 Å². The monoisotopic (exact) mass is 304 g/mol. The Morgan fingerprint density at radius 2 is 1.45 bits per heavy atom. The first-order valence-electron chi connectivity index (χ1n) is 7.13. The zero-order chi connectivity index (χ0) is 15.4. The molecule has 2 aromatic rings. The topological polar surface area (TPSA) is 110 Å². The summed E-state index contributed by atoms with van der Waals surface area (Å²) in [6.07, 6.45) is 8.84. The molecule has 2 atom stereocenters. The molecule has 1 saturated carbocycles. The summed E-state index contributed by atoms with van der Waals surface area (Å²) < 4.78 is 9.93. The van der Waals surface area contributed by atoms with Crippen LogP contribution in [-0.4, -0.2) is 33.9 Å². The van der Waals surface area contributed by atoms with Gasteiger partial charge in [-0.25, -0.2) is 9.97 Å². The number of rotatable bonds is 4. The van der Waals surface area contributed by atoms with Crippen LogP contribution in [0.3, 0.4) is 0 Å². The second-order valence-corrected chi connectivity index (χ2v) is 5.18. The molecule has 1 fully saturated rings. The maximum atomic E-state index is 11.9. The van der Waals surface area contributed by atoms with Gasteiger partial charge >= 0.3 is 11.8 Å². The molecule has 2 amide bonds. The summed E-state index contributed by atoms with van der Waals surface area (Å²) in [4.78, 5) is 31.4. The lowest BCUT2D eigenvalue weighted by molar-refractivity contribution is 0.0866. The van der Waals surface area contributed by atoms with Gasteiger partial charge in [-0.05, 0) is 25.7 Å². The molecule has 8 heteroatoms. The lowest BCUT2D eigenvalue weighted by Gasteiger charge is -2.29. The predicted octanol–water partition coefficient (Wildman–Crippen LogP) is 1.13. The molecule has 0 saturated heterocycles. The number of aromatic nitrogens is 2. The maximum Gasteiger partial charge on any atom is 0.307 e. The van der Waals surface area contributed by atoms with Crippen molar-refractivity contribution in [3.05, 3.63) is 36.7 Å². The van der Waals surface area contributed by atoms with Gasteiger partial charge in [-0.3, -0.25) is 9.59 Å². The summed E-state index contributed by atoms with van der Waals surface area (Å²) in [6.45, 7) is 0. The highest BCUT2D eigenvalue weighted by molar-refractivity contribution is 5.90. The van der Waals surface area contributed by atoms with E-state index in [0.717, 1.165) is 19.3 Å². The van der Waals surface area contributed by atoms with Gasteiger partial charge in [-0.1, -0.05) is 0 Å². The Morgan fingerprint density at radius 1 is 0.955 bits per heavy atom. The molecule has 0 radical (unpaired) electrons. The molecule has 3 rings (SSSR count). The van der Waals surface area contributed by atoms with Crippen molar-refractivity contribution in [2.24, 2.45) is 0 Å². The van der Waals surface area contributed by atoms with Crippen molar-refractivity contribution in [1.82, 2.24) is 20.6 Å². The van der Waals surface area contributed by atoms with Crippen molar-refractivity contribution < 1.29 is 18.4 Å². The SMILES string of the molecule is O=C(NC1CCCC(NC(=O)c2ncco2)C1)c1ncco1. The maximum absolute atomic E-state index is 11.9. The van der Waals surface area contributed by atoms with Crippen molar-refractivity contribution in [1.29, 1.82) is 0 Å². The van der Waals surface area contributed by atoms with Crippen LogP contribution >= 0.6 is 0 Å². The molecule has 0 bridgehead atoms. The lowest BCUT2D eigenvalue weighted by atomic mass is 9.91. The van der Waals surface area contributed by atoms with Crippen LogP contribution in [0.2, 0.25) is 0 Å². The number of hydrogen-bond donors (Lipinski definition) is 2. The minimum atomic E-state index is -0.338. The summed E-state index contributed by atoms with van der Waals surface area (Å²) in [5.74, 6) is -0.582. The molecular weight excluding hydrogens is 288 g/mol. The fourth-order valence-corrected chi connectivity index (χ4v) is 2.62. The molecule has 0 aliphatic heterocycles. The molecule has 2 unspecified atom stereocenters. The van der Waals surface area contributed by atoms with E-state index in [1.165, 1.54) is 24.9 Å². The standard InChI is InChI=1S/C14H16N4O4/c19-11(13-15-4-6-21-13)17-9-2-1-3-10(8-9)18-12(20)14-16-5-7-22-14/h4-7,9-10H,1-3,8H2,(H,17,19)(H,18,20). The number of amides is 2. The molecule has 0 spiro atoms. The van der Waals surface area contributed by atoms with E-state index in [2.05, 4.69) is 20.6 Å². The Kier molecular flexibility index (Phi) is 4.17. The molecule has 2 aromatic heterocycles. The zero-order valence-corrected chi connectivity index (χ0v) is 11.8. The summed E-state index contributed by atoms with van der Waals surface area (Å²) >= 11 is 0. The average molecular weight is 304 g/mol. The van der Waals surface area contributed by atoms with Crippen molar-refractivity contribution in [3.8, 4) is 0 Å². The van der Waals surface area contributed by atoms with Gasteiger partial charge in [-0.15, -0.1) is 0 Å². The van der Waals surface area contributed by atoms with Crippen LogP contribution in [0.25, 0.3) is 0 Å². The molecule has 22 heavy (non-hydrogen) atoms. The zero-order valence-electron chi connectivity index (χ0n) is 11.8. The minimum absolute atomic E-state index is 0.0250. The van der Waals surface area contributed by atoms with Crippen LogP contribution in [0.1, 0.15) is 47.1 Å². The second kappa shape index (κ2) is 6.42. The number of carbonyl (C=O) groups excluding carboxylic acids is 2. The Balaban J connectivity index is 1.53. The lowest BCUT2D eigenvalue weighted by Crippen LogP contribution is -2.45. The third-order valence-corrected chi connectivity index (χ3v) is 3.60. The van der Waals surface area contributed by atoms with Crippen molar-refractivity contribution in [3.63, 3.8) is 0 Å². The number of carbonyl (C=O) groups is 2. The van der Waals surface area contributed by atoms with Crippen LogP contribution < -0.4 is 10.6 Å². The van der Waals surface area contributed by atoms with E-state index < -0.39 is 0 Å². The third kappa shape index (κ3) is 3.33. The first kappa shape index (κ1) is 14.3. The first-order valence-corrected chi connectivity index (χ1v) is 7.13. The summed E-state index contributed by atoms with van der Waals surface area (Å²) in [7, 11) is 0. The highest BCUT2D eigenvalue weighted by atomic mass is 16.4. The summed E-state index contributed by atoms with van der Waals surface area (Å²) in [6, 6.07) is -0.0500. The van der Waals surface area contributed by atoms with Gasteiger partial charge < -0.3 is 19.5 Å². The highest BCUT2D eigenvalue weighted by Gasteiger charge is 2.26. The van der Waals surface area contributed by atoms with Crippen LogP contribution in [-0.2, 0) is 0 Å². The molecule has 1 aliphatic rings. The summed E-state index contributed by atoms with van der Waals surface area (Å²) in [5.41, 5.74) is 0. The molecule has 2 N–H and O–H groups in total. The number of nitrogens with zero attached hydrogens (tertiary/aromatic N) is 2. The van der Waals surface area contributed by atoms with Crippen LogP contribution in [0, 0.1) is 0 Å². The van der Waals surface area contributed by atoms with Crippen LogP contribution in [0.4, 0.5) is 0 Å². The Labute approximate surface area is 126 Å². The van der Waals surface area contributed by atoms with E-state index in [1.807, 2.05) is 0 Å². The second-order valence-electron chi connectivity index (χ2n) is 5.18. The largest absolute Gasteiger partial charge is 0.441 e. The van der Waals surface area contributed by atoms with Gasteiger partial charge in [-0.2, -0.15) is 0 Å². The van der Waals surface area contributed by atoms with Crippen molar-refractivity contribution in [2.45, 2.75) is 37.8 Å². The average Bonchev–Trinajstić information content (AvgIpc) is 3.21. The summed E-state index contributed by atoms with van der Waals surface area (Å²) in [5, 5.41) is 5.75.